The molecule has 0 saturated carbocycles. The molecule has 0 radical (unpaired) electrons. The first kappa shape index (κ1) is 9.06. The minimum Gasteiger partial charge on any atom is -0.391 e. The third-order valence-electron chi connectivity index (χ3n) is 0.705. The van der Waals surface area contributed by atoms with Gasteiger partial charge in [-0.2, -0.15) is 0 Å². The maximum Gasteiger partial charge on any atom is 0.339 e. The normalized spacial score (nSPS) is 9.00. The lowest BCUT2D eigenvalue weighted by Crippen LogP contribution is -2.17. The van der Waals surface area contributed by atoms with Gasteiger partial charge in [-0.15, -0.1) is 0 Å². The van der Waals surface area contributed by atoms with Crippen LogP contribution in [0.4, 0.5) is 0 Å². The lowest BCUT2D eigenvalue weighted by atomic mass is 10.4. The molecule has 0 aliphatic rings. The highest BCUT2D eigenvalue weighted by Gasteiger charge is 2.06. The Hall–Kier alpha value is -0.940. The number of ether oxygens (including phenoxy) is 1. The van der Waals surface area contributed by atoms with Crippen LogP contribution in [0.15, 0.2) is 0 Å². The van der Waals surface area contributed by atoms with Crippen LogP contribution in [-0.4, -0.2) is 30.2 Å². The summed E-state index contributed by atoms with van der Waals surface area (Å²) in [5.74, 6) is -1.65. The van der Waals surface area contributed by atoms with Crippen molar-refractivity contribution in [1.82, 2.24) is 0 Å². The van der Waals surface area contributed by atoms with Gasteiger partial charge in [0.05, 0.1) is 6.42 Å². The summed E-state index contributed by atoms with van der Waals surface area (Å²) >= 11 is 0. The zero-order valence-corrected chi connectivity index (χ0v) is 5.37. The Kier molecular flexibility index (Phi) is 4.43. The smallest absolute Gasteiger partial charge is 0.339 e. The van der Waals surface area contributed by atoms with Crippen LogP contribution < -0.4 is 5.73 Å². The Morgan fingerprint density at radius 1 is 1.40 bits per heavy atom. The van der Waals surface area contributed by atoms with Crippen molar-refractivity contribution in [3.8, 4) is 0 Å². The van der Waals surface area contributed by atoms with Crippen LogP contribution in [0.5, 0.6) is 0 Å². The topological polar surface area (TPSA) is 89.6 Å². The fourth-order valence-electron chi connectivity index (χ4n) is 0.328. The van der Waals surface area contributed by atoms with E-state index in [0.29, 0.717) is 0 Å². The number of hydrogen-bond donors (Lipinski definition) is 2. The summed E-state index contributed by atoms with van der Waals surface area (Å²) < 4.78 is 4.03. The number of nitrogens with two attached hydrogens (primary N) is 1. The van der Waals surface area contributed by atoms with Gasteiger partial charge in [0.15, 0.2) is 0 Å². The molecule has 0 aromatic heterocycles. The highest BCUT2D eigenvalue weighted by Crippen LogP contribution is 1.83. The van der Waals surface area contributed by atoms with E-state index >= 15 is 0 Å². The number of carbonyl (C=O) groups is 2. The Labute approximate surface area is 57.8 Å². The van der Waals surface area contributed by atoms with E-state index < -0.39 is 18.5 Å². The summed E-state index contributed by atoms with van der Waals surface area (Å²) in [5, 5.41) is 8.09. The summed E-state index contributed by atoms with van der Waals surface area (Å²) in [7, 11) is 0. The SMILES string of the molecule is NCCC(=O)OC(=O)CO. The van der Waals surface area contributed by atoms with Gasteiger partial charge in [-0.25, -0.2) is 4.79 Å². The third kappa shape index (κ3) is 3.99. The molecule has 0 bridgehead atoms. The van der Waals surface area contributed by atoms with Gasteiger partial charge in [-0.05, 0) is 0 Å². The molecule has 5 heteroatoms. The molecule has 0 amide bonds. The minimum atomic E-state index is -0.946. The Morgan fingerprint density at radius 2 is 2.00 bits per heavy atom. The van der Waals surface area contributed by atoms with Crippen LogP contribution in [0, 0.1) is 0 Å². The third-order valence-corrected chi connectivity index (χ3v) is 0.705. The maximum absolute atomic E-state index is 10.4. The summed E-state index contributed by atoms with van der Waals surface area (Å²) in [6.45, 7) is -0.645. The molecule has 0 aliphatic carbocycles. The predicted octanol–water partition coefficient (Wildman–Crippen LogP) is -1.60. The number of aliphatic hydroxyl groups excluding tert-OH is 1. The fraction of sp³-hybridized carbons (Fsp3) is 0.600. The second-order valence-corrected chi connectivity index (χ2v) is 1.54. The molecule has 58 valence electrons. The van der Waals surface area contributed by atoms with Crippen molar-refractivity contribution in [2.45, 2.75) is 6.42 Å². The molecule has 0 spiro atoms. The van der Waals surface area contributed by atoms with Crippen molar-refractivity contribution < 1.29 is 19.4 Å². The van der Waals surface area contributed by atoms with E-state index in [2.05, 4.69) is 4.74 Å². The zero-order chi connectivity index (χ0) is 7.98. The van der Waals surface area contributed by atoms with E-state index in [0.717, 1.165) is 0 Å². The first-order valence-electron chi connectivity index (χ1n) is 2.75. The van der Waals surface area contributed by atoms with E-state index in [1.54, 1.807) is 0 Å². The van der Waals surface area contributed by atoms with Crippen molar-refractivity contribution in [3.05, 3.63) is 0 Å². The molecule has 3 N–H and O–H groups in total. The predicted molar refractivity (Wildman–Crippen MR) is 31.9 cm³/mol. The van der Waals surface area contributed by atoms with Crippen LogP contribution in [0.2, 0.25) is 0 Å². The Morgan fingerprint density at radius 3 is 2.40 bits per heavy atom. The second-order valence-electron chi connectivity index (χ2n) is 1.54. The van der Waals surface area contributed by atoms with Crippen molar-refractivity contribution in [2.75, 3.05) is 13.2 Å². The summed E-state index contributed by atoms with van der Waals surface area (Å²) in [6, 6.07) is 0. The van der Waals surface area contributed by atoms with E-state index in [1.807, 2.05) is 0 Å². The zero-order valence-electron chi connectivity index (χ0n) is 5.37. The van der Waals surface area contributed by atoms with E-state index in [9.17, 15) is 9.59 Å². The molecule has 0 heterocycles. The Bertz CT molecular complexity index is 134. The van der Waals surface area contributed by atoms with Gasteiger partial charge in [0.25, 0.3) is 0 Å². The van der Waals surface area contributed by atoms with Crippen LogP contribution in [0.1, 0.15) is 6.42 Å². The quantitative estimate of drug-likeness (QED) is 0.370. The first-order valence-corrected chi connectivity index (χ1v) is 2.75. The maximum atomic E-state index is 10.4. The molecule has 5 nitrogen and oxygen atoms in total. The summed E-state index contributed by atoms with van der Waals surface area (Å²) in [5.41, 5.74) is 4.97. The average molecular weight is 147 g/mol. The highest BCUT2D eigenvalue weighted by atomic mass is 16.6. The molecule has 10 heavy (non-hydrogen) atoms. The molecule has 0 saturated heterocycles. The summed E-state index contributed by atoms with van der Waals surface area (Å²) in [6.07, 6.45) is -0.00819. The van der Waals surface area contributed by atoms with Crippen molar-refractivity contribution in [3.63, 3.8) is 0 Å². The van der Waals surface area contributed by atoms with Crippen molar-refractivity contribution >= 4 is 11.9 Å². The van der Waals surface area contributed by atoms with Gasteiger partial charge in [-0.1, -0.05) is 0 Å². The van der Waals surface area contributed by atoms with Crippen molar-refractivity contribution in [1.29, 1.82) is 0 Å². The molecule has 0 aliphatic heterocycles. The number of carbonyl (C=O) groups excluding carboxylic acids is 2. The van der Waals surface area contributed by atoms with Crippen LogP contribution >= 0.6 is 0 Å². The van der Waals surface area contributed by atoms with E-state index in [1.165, 1.54) is 0 Å². The second kappa shape index (κ2) is 4.89. The van der Waals surface area contributed by atoms with Gasteiger partial charge >= 0.3 is 11.9 Å². The van der Waals surface area contributed by atoms with Gasteiger partial charge in [0.1, 0.15) is 6.61 Å². The Balaban J connectivity index is 3.47. The number of rotatable bonds is 3. The monoisotopic (exact) mass is 147 g/mol. The van der Waals surface area contributed by atoms with Gasteiger partial charge in [-0.3, -0.25) is 4.79 Å². The molecule has 0 aromatic carbocycles. The summed E-state index contributed by atoms with van der Waals surface area (Å²) in [4.78, 5) is 20.5. The molecular weight excluding hydrogens is 138 g/mol. The number of esters is 2. The van der Waals surface area contributed by atoms with Crippen molar-refractivity contribution in [2.24, 2.45) is 5.73 Å². The van der Waals surface area contributed by atoms with Crippen LogP contribution in [-0.2, 0) is 14.3 Å². The van der Waals surface area contributed by atoms with E-state index in [-0.39, 0.29) is 13.0 Å². The largest absolute Gasteiger partial charge is 0.391 e. The molecule has 0 fully saturated rings. The number of hydrogen-bond acceptors (Lipinski definition) is 5. The molecular formula is C5H9NO4. The average Bonchev–Trinajstić information content (AvgIpc) is 1.88. The lowest BCUT2D eigenvalue weighted by Gasteiger charge is -1.96. The van der Waals surface area contributed by atoms with Gasteiger partial charge in [0, 0.05) is 6.54 Å². The first-order chi connectivity index (χ1) is 4.70. The lowest BCUT2D eigenvalue weighted by molar-refractivity contribution is -0.161. The van der Waals surface area contributed by atoms with Crippen LogP contribution in [0.3, 0.4) is 0 Å². The number of aliphatic hydroxyl groups is 1. The minimum absolute atomic E-state index is 0.00819. The van der Waals surface area contributed by atoms with Gasteiger partial charge < -0.3 is 15.6 Å². The van der Waals surface area contributed by atoms with Gasteiger partial charge in [0.2, 0.25) is 0 Å². The fourth-order valence-corrected chi connectivity index (χ4v) is 0.328. The van der Waals surface area contributed by atoms with E-state index in [4.69, 9.17) is 10.8 Å². The standard InChI is InChI=1S/C5H9NO4/c6-2-1-4(8)10-5(9)3-7/h7H,1-3,6H2. The molecule has 0 rings (SSSR count). The molecule has 0 atom stereocenters. The van der Waals surface area contributed by atoms with Crippen LogP contribution in [0.25, 0.3) is 0 Å². The molecule has 0 unspecified atom stereocenters. The molecule has 0 aromatic rings. The highest BCUT2D eigenvalue weighted by molar-refractivity contribution is 5.85.